The van der Waals surface area contributed by atoms with Crippen LogP contribution in [-0.4, -0.2) is 54.7 Å². The SMILES string of the molecule is CCNc1nc(OCCNC(C)=O)nc(N(C)C)n1. The lowest BCUT2D eigenvalue weighted by molar-refractivity contribution is -0.119. The summed E-state index contributed by atoms with van der Waals surface area (Å²) >= 11 is 0. The van der Waals surface area contributed by atoms with Gasteiger partial charge >= 0.3 is 6.01 Å². The van der Waals surface area contributed by atoms with Crippen molar-refractivity contribution in [2.24, 2.45) is 0 Å². The minimum absolute atomic E-state index is 0.0958. The fourth-order valence-corrected chi connectivity index (χ4v) is 1.22. The molecule has 0 aliphatic heterocycles. The molecule has 8 nitrogen and oxygen atoms in total. The lowest BCUT2D eigenvalue weighted by atomic mass is 10.6. The number of carbonyl (C=O) groups is 1. The van der Waals surface area contributed by atoms with Gasteiger partial charge in [-0.15, -0.1) is 0 Å². The molecule has 19 heavy (non-hydrogen) atoms. The maximum Gasteiger partial charge on any atom is 0.323 e. The summed E-state index contributed by atoms with van der Waals surface area (Å²) in [5.41, 5.74) is 0. The number of ether oxygens (including phenoxy) is 1. The van der Waals surface area contributed by atoms with Crippen molar-refractivity contribution in [2.45, 2.75) is 13.8 Å². The van der Waals surface area contributed by atoms with Gasteiger partial charge in [0.15, 0.2) is 0 Å². The van der Waals surface area contributed by atoms with Crippen LogP contribution in [0.25, 0.3) is 0 Å². The number of carbonyl (C=O) groups excluding carboxylic acids is 1. The van der Waals surface area contributed by atoms with Crippen LogP contribution in [0.1, 0.15) is 13.8 Å². The number of hydrogen-bond donors (Lipinski definition) is 2. The van der Waals surface area contributed by atoms with E-state index in [2.05, 4.69) is 25.6 Å². The van der Waals surface area contributed by atoms with Gasteiger partial charge in [0.2, 0.25) is 17.8 Å². The molecule has 0 aliphatic rings. The van der Waals surface area contributed by atoms with E-state index in [1.54, 1.807) is 4.90 Å². The molecular weight excluding hydrogens is 248 g/mol. The van der Waals surface area contributed by atoms with Crippen LogP contribution in [0.5, 0.6) is 6.01 Å². The highest BCUT2D eigenvalue weighted by Crippen LogP contribution is 2.12. The molecule has 106 valence electrons. The molecule has 2 N–H and O–H groups in total. The highest BCUT2D eigenvalue weighted by Gasteiger charge is 2.08. The number of nitrogens with one attached hydrogen (secondary N) is 2. The number of amides is 1. The molecule has 0 atom stereocenters. The normalized spacial score (nSPS) is 9.89. The van der Waals surface area contributed by atoms with E-state index in [1.807, 2.05) is 21.0 Å². The van der Waals surface area contributed by atoms with Crippen molar-refractivity contribution >= 4 is 17.8 Å². The topological polar surface area (TPSA) is 92.3 Å². The summed E-state index contributed by atoms with van der Waals surface area (Å²) in [6, 6.07) is 0.236. The van der Waals surface area contributed by atoms with E-state index in [4.69, 9.17) is 4.74 Å². The van der Waals surface area contributed by atoms with Crippen molar-refractivity contribution in [2.75, 3.05) is 44.0 Å². The summed E-state index contributed by atoms with van der Waals surface area (Å²) in [5, 5.41) is 5.64. The fourth-order valence-electron chi connectivity index (χ4n) is 1.22. The van der Waals surface area contributed by atoms with E-state index in [1.165, 1.54) is 6.92 Å². The monoisotopic (exact) mass is 268 g/mol. The molecule has 0 saturated carbocycles. The molecule has 0 spiro atoms. The van der Waals surface area contributed by atoms with Gasteiger partial charge in [0.05, 0.1) is 6.54 Å². The highest BCUT2D eigenvalue weighted by atomic mass is 16.5. The Morgan fingerprint density at radius 2 is 2.05 bits per heavy atom. The van der Waals surface area contributed by atoms with E-state index in [0.29, 0.717) is 31.6 Å². The molecule has 0 aromatic carbocycles. The van der Waals surface area contributed by atoms with Crippen LogP contribution >= 0.6 is 0 Å². The van der Waals surface area contributed by atoms with Gasteiger partial charge in [0.25, 0.3) is 0 Å². The van der Waals surface area contributed by atoms with Crippen LogP contribution in [0.4, 0.5) is 11.9 Å². The van der Waals surface area contributed by atoms with Crippen molar-refractivity contribution < 1.29 is 9.53 Å². The molecule has 1 heterocycles. The molecule has 8 heteroatoms. The zero-order valence-electron chi connectivity index (χ0n) is 11.7. The zero-order chi connectivity index (χ0) is 14.3. The van der Waals surface area contributed by atoms with E-state index in [9.17, 15) is 4.79 Å². The summed E-state index contributed by atoms with van der Waals surface area (Å²) in [4.78, 5) is 25.0. The second-order valence-electron chi connectivity index (χ2n) is 4.00. The van der Waals surface area contributed by atoms with Gasteiger partial charge in [-0.2, -0.15) is 15.0 Å². The van der Waals surface area contributed by atoms with Gasteiger partial charge in [-0.05, 0) is 6.92 Å². The summed E-state index contributed by atoms with van der Waals surface area (Å²) in [7, 11) is 3.68. The Morgan fingerprint density at radius 1 is 1.32 bits per heavy atom. The third-order valence-electron chi connectivity index (χ3n) is 2.05. The molecule has 1 aromatic heterocycles. The Labute approximate surface area is 112 Å². The third-order valence-corrected chi connectivity index (χ3v) is 2.05. The summed E-state index contributed by atoms with van der Waals surface area (Å²) in [6.07, 6.45) is 0. The van der Waals surface area contributed by atoms with Crippen LogP contribution in [-0.2, 0) is 4.79 Å². The molecule has 1 rings (SSSR count). The molecule has 0 fully saturated rings. The Kier molecular flexibility index (Phi) is 5.77. The predicted molar refractivity (Wildman–Crippen MR) is 72.5 cm³/mol. The fraction of sp³-hybridized carbons (Fsp3) is 0.636. The average Bonchev–Trinajstić information content (AvgIpc) is 2.34. The number of nitrogens with zero attached hydrogens (tertiary/aromatic N) is 4. The highest BCUT2D eigenvalue weighted by molar-refractivity contribution is 5.72. The smallest absolute Gasteiger partial charge is 0.323 e. The second kappa shape index (κ2) is 7.34. The maximum atomic E-state index is 10.7. The van der Waals surface area contributed by atoms with Crippen molar-refractivity contribution in [1.82, 2.24) is 20.3 Å². The van der Waals surface area contributed by atoms with E-state index in [-0.39, 0.29) is 11.9 Å². The molecule has 1 aromatic rings. The summed E-state index contributed by atoms with van der Waals surface area (Å²) in [5.74, 6) is 0.887. The number of rotatable bonds is 7. The molecule has 0 unspecified atom stereocenters. The average molecular weight is 268 g/mol. The largest absolute Gasteiger partial charge is 0.461 e. The molecule has 0 saturated heterocycles. The Balaban J connectivity index is 2.67. The summed E-state index contributed by atoms with van der Waals surface area (Å²) in [6.45, 7) is 4.84. The zero-order valence-corrected chi connectivity index (χ0v) is 11.7. The quantitative estimate of drug-likeness (QED) is 0.666. The van der Waals surface area contributed by atoms with Crippen molar-refractivity contribution in [3.8, 4) is 6.01 Å². The van der Waals surface area contributed by atoms with E-state index >= 15 is 0 Å². The van der Waals surface area contributed by atoms with Gasteiger partial charge < -0.3 is 20.3 Å². The third kappa shape index (κ3) is 5.36. The molecular formula is C11H20N6O2. The Hall–Kier alpha value is -2.12. The van der Waals surface area contributed by atoms with E-state index < -0.39 is 0 Å². The van der Waals surface area contributed by atoms with Gasteiger partial charge in [-0.25, -0.2) is 0 Å². The Bertz CT molecular complexity index is 424. The maximum absolute atomic E-state index is 10.7. The van der Waals surface area contributed by atoms with Gasteiger partial charge in [0, 0.05) is 27.6 Å². The van der Waals surface area contributed by atoms with Gasteiger partial charge in [0.1, 0.15) is 6.61 Å². The first-order chi connectivity index (χ1) is 9.02. The lowest BCUT2D eigenvalue weighted by Gasteiger charge is -2.13. The van der Waals surface area contributed by atoms with Crippen LogP contribution in [0.2, 0.25) is 0 Å². The summed E-state index contributed by atoms with van der Waals surface area (Å²) < 4.78 is 5.39. The number of hydrogen-bond acceptors (Lipinski definition) is 7. The number of anilines is 2. The first kappa shape index (κ1) is 14.9. The minimum Gasteiger partial charge on any atom is -0.461 e. The first-order valence-electron chi connectivity index (χ1n) is 6.07. The first-order valence-corrected chi connectivity index (χ1v) is 6.07. The van der Waals surface area contributed by atoms with Crippen molar-refractivity contribution in [1.29, 1.82) is 0 Å². The lowest BCUT2D eigenvalue weighted by Crippen LogP contribution is -2.26. The van der Waals surface area contributed by atoms with Crippen LogP contribution in [0, 0.1) is 0 Å². The van der Waals surface area contributed by atoms with Gasteiger partial charge in [-0.3, -0.25) is 4.79 Å². The van der Waals surface area contributed by atoms with Crippen LogP contribution in [0.15, 0.2) is 0 Å². The van der Waals surface area contributed by atoms with Gasteiger partial charge in [-0.1, -0.05) is 0 Å². The van der Waals surface area contributed by atoms with Crippen LogP contribution in [0.3, 0.4) is 0 Å². The second-order valence-corrected chi connectivity index (χ2v) is 4.00. The molecule has 0 aliphatic carbocycles. The van der Waals surface area contributed by atoms with E-state index in [0.717, 1.165) is 0 Å². The predicted octanol–water partition coefficient (Wildman–Crippen LogP) is -0.116. The van der Waals surface area contributed by atoms with Crippen molar-refractivity contribution in [3.05, 3.63) is 0 Å². The van der Waals surface area contributed by atoms with Crippen LogP contribution < -0.4 is 20.3 Å². The Morgan fingerprint density at radius 3 is 2.63 bits per heavy atom. The number of aromatic nitrogens is 3. The molecule has 0 bridgehead atoms. The minimum atomic E-state index is -0.0958. The molecule has 0 radical (unpaired) electrons. The molecule has 1 amide bonds. The standard InChI is InChI=1S/C11H20N6O2/c1-5-12-9-14-10(17(3)4)16-11(15-9)19-7-6-13-8(2)18/h5-7H2,1-4H3,(H,13,18)(H,12,14,15,16). The van der Waals surface area contributed by atoms with Crippen molar-refractivity contribution in [3.63, 3.8) is 0 Å².